The minimum absolute atomic E-state index is 0.537. The van der Waals surface area contributed by atoms with Crippen LogP contribution in [0.5, 0.6) is 0 Å². The van der Waals surface area contributed by atoms with Crippen LogP contribution in [-0.2, 0) is 6.54 Å². The standard InChI is InChI=1S/C7H4ClIN2/c8-5-2-1-4-3-10-7(9)6(4)11-5/h1-2H,3H2. The Morgan fingerprint density at radius 3 is 3.09 bits per heavy atom. The van der Waals surface area contributed by atoms with Gasteiger partial charge < -0.3 is 0 Å². The molecule has 11 heavy (non-hydrogen) atoms. The number of nitrogens with zero attached hydrogens (tertiary/aromatic N) is 2. The molecule has 1 aromatic heterocycles. The number of halogens is 2. The zero-order valence-corrected chi connectivity index (χ0v) is 8.43. The molecule has 0 spiro atoms. The van der Waals surface area contributed by atoms with Crippen molar-refractivity contribution < 1.29 is 0 Å². The third kappa shape index (κ3) is 1.27. The summed E-state index contributed by atoms with van der Waals surface area (Å²) in [6, 6.07) is 3.77. The van der Waals surface area contributed by atoms with Crippen molar-refractivity contribution in [2.75, 3.05) is 0 Å². The molecule has 0 saturated carbocycles. The highest BCUT2D eigenvalue weighted by molar-refractivity contribution is 14.1. The Hall–Kier alpha value is -0.160. The van der Waals surface area contributed by atoms with E-state index >= 15 is 0 Å². The summed E-state index contributed by atoms with van der Waals surface area (Å²) in [6.07, 6.45) is 0. The molecule has 0 aliphatic carbocycles. The second-order valence-corrected chi connectivity index (χ2v) is 3.66. The van der Waals surface area contributed by atoms with E-state index in [2.05, 4.69) is 32.6 Å². The van der Waals surface area contributed by atoms with E-state index in [4.69, 9.17) is 11.6 Å². The largest absolute Gasteiger partial charge is 0.272 e. The number of hydrogen-bond acceptors (Lipinski definition) is 2. The van der Waals surface area contributed by atoms with Gasteiger partial charge in [-0.15, -0.1) is 0 Å². The van der Waals surface area contributed by atoms with Crippen LogP contribution in [0.2, 0.25) is 5.15 Å². The molecule has 56 valence electrons. The van der Waals surface area contributed by atoms with E-state index in [0.29, 0.717) is 5.15 Å². The maximum atomic E-state index is 5.72. The molecule has 0 aromatic carbocycles. The molecule has 0 atom stereocenters. The lowest BCUT2D eigenvalue weighted by Gasteiger charge is -1.96. The summed E-state index contributed by atoms with van der Waals surface area (Å²) in [5.41, 5.74) is 2.11. The fraction of sp³-hybridized carbons (Fsp3) is 0.143. The van der Waals surface area contributed by atoms with Gasteiger partial charge in [0.05, 0.1) is 6.54 Å². The van der Waals surface area contributed by atoms with Crippen molar-refractivity contribution in [2.24, 2.45) is 4.99 Å². The quantitative estimate of drug-likeness (QED) is 0.528. The first kappa shape index (κ1) is 7.49. The third-order valence-corrected chi connectivity index (χ3v) is 2.59. The zero-order valence-electron chi connectivity index (χ0n) is 5.51. The molecule has 1 aromatic rings. The first-order chi connectivity index (χ1) is 5.27. The highest BCUT2D eigenvalue weighted by atomic mass is 127. The van der Waals surface area contributed by atoms with Gasteiger partial charge in [0.25, 0.3) is 0 Å². The molecule has 4 heteroatoms. The Kier molecular flexibility index (Phi) is 1.85. The fourth-order valence-electron chi connectivity index (χ4n) is 1.000. The average Bonchev–Trinajstić information content (AvgIpc) is 2.33. The number of rotatable bonds is 0. The molecule has 0 bridgehead atoms. The van der Waals surface area contributed by atoms with E-state index in [-0.39, 0.29) is 0 Å². The number of hydrogen-bond donors (Lipinski definition) is 0. The van der Waals surface area contributed by atoms with Crippen LogP contribution in [0, 0.1) is 0 Å². The molecule has 0 radical (unpaired) electrons. The van der Waals surface area contributed by atoms with Crippen molar-refractivity contribution >= 4 is 37.9 Å². The Balaban J connectivity index is 2.60. The van der Waals surface area contributed by atoms with Gasteiger partial charge in [-0.1, -0.05) is 17.7 Å². The summed E-state index contributed by atoms with van der Waals surface area (Å²) < 4.78 is 0.958. The van der Waals surface area contributed by atoms with Crippen molar-refractivity contribution in [3.8, 4) is 0 Å². The maximum absolute atomic E-state index is 5.72. The van der Waals surface area contributed by atoms with Gasteiger partial charge in [-0.3, -0.25) is 4.99 Å². The minimum atomic E-state index is 0.537. The van der Waals surface area contributed by atoms with Crippen LogP contribution in [0.1, 0.15) is 11.3 Å². The Morgan fingerprint density at radius 1 is 1.45 bits per heavy atom. The van der Waals surface area contributed by atoms with E-state index < -0.39 is 0 Å². The van der Waals surface area contributed by atoms with Gasteiger partial charge in [0.15, 0.2) is 0 Å². The van der Waals surface area contributed by atoms with Crippen LogP contribution < -0.4 is 0 Å². The molecule has 1 aliphatic rings. The smallest absolute Gasteiger partial charge is 0.129 e. The van der Waals surface area contributed by atoms with Crippen LogP contribution in [0.25, 0.3) is 0 Å². The van der Waals surface area contributed by atoms with Crippen LogP contribution >= 0.6 is 34.2 Å². The molecule has 2 rings (SSSR count). The molecule has 0 unspecified atom stereocenters. The normalized spacial score (nSPS) is 14.5. The predicted octanol–water partition coefficient (Wildman–Crippen LogP) is 2.43. The summed E-state index contributed by atoms with van der Waals surface area (Å²) in [5.74, 6) is 0. The molecule has 2 heterocycles. The molecule has 0 saturated heterocycles. The van der Waals surface area contributed by atoms with Gasteiger partial charge in [-0.25, -0.2) is 4.98 Å². The zero-order chi connectivity index (χ0) is 7.84. The van der Waals surface area contributed by atoms with E-state index in [1.54, 1.807) is 6.07 Å². The summed E-state index contributed by atoms with van der Waals surface area (Å²) >= 11 is 7.89. The van der Waals surface area contributed by atoms with Crippen molar-refractivity contribution in [1.29, 1.82) is 0 Å². The van der Waals surface area contributed by atoms with Crippen molar-refractivity contribution in [1.82, 2.24) is 4.98 Å². The first-order valence-corrected chi connectivity index (χ1v) is 4.59. The molecule has 0 amide bonds. The second-order valence-electron chi connectivity index (χ2n) is 2.25. The van der Waals surface area contributed by atoms with Crippen molar-refractivity contribution in [3.05, 3.63) is 28.5 Å². The fourth-order valence-corrected chi connectivity index (χ4v) is 1.78. The van der Waals surface area contributed by atoms with Crippen LogP contribution in [0.4, 0.5) is 0 Å². The van der Waals surface area contributed by atoms with E-state index in [1.807, 2.05) is 6.07 Å². The monoisotopic (exact) mass is 278 g/mol. The third-order valence-electron chi connectivity index (χ3n) is 1.53. The molecule has 2 nitrogen and oxygen atoms in total. The van der Waals surface area contributed by atoms with E-state index in [9.17, 15) is 0 Å². The first-order valence-electron chi connectivity index (χ1n) is 3.13. The van der Waals surface area contributed by atoms with Crippen LogP contribution in [0.3, 0.4) is 0 Å². The summed E-state index contributed by atoms with van der Waals surface area (Å²) in [6.45, 7) is 0.748. The molecular weight excluding hydrogens is 274 g/mol. The van der Waals surface area contributed by atoms with Gasteiger partial charge in [0, 0.05) is 5.56 Å². The lowest BCUT2D eigenvalue weighted by Crippen LogP contribution is -1.93. The summed E-state index contributed by atoms with van der Waals surface area (Å²) in [7, 11) is 0. The Morgan fingerprint density at radius 2 is 2.27 bits per heavy atom. The minimum Gasteiger partial charge on any atom is -0.272 e. The van der Waals surface area contributed by atoms with Crippen molar-refractivity contribution in [3.63, 3.8) is 0 Å². The molecule has 0 N–H and O–H groups in total. The number of pyridine rings is 1. The highest BCUT2D eigenvalue weighted by Gasteiger charge is 2.14. The Bertz CT molecular complexity index is 335. The van der Waals surface area contributed by atoms with Crippen LogP contribution in [0.15, 0.2) is 17.1 Å². The number of aromatic nitrogens is 1. The van der Waals surface area contributed by atoms with Crippen molar-refractivity contribution in [2.45, 2.75) is 6.54 Å². The molecule has 0 fully saturated rings. The Labute approximate surface area is 82.8 Å². The van der Waals surface area contributed by atoms with Crippen LogP contribution in [-0.4, -0.2) is 8.70 Å². The average molecular weight is 278 g/mol. The van der Waals surface area contributed by atoms with Gasteiger partial charge in [0.2, 0.25) is 0 Å². The number of fused-ring (bicyclic) bond motifs is 1. The maximum Gasteiger partial charge on any atom is 0.129 e. The second kappa shape index (κ2) is 2.71. The SMILES string of the molecule is Clc1ccc2c(n1)C(I)=NC2. The van der Waals surface area contributed by atoms with Gasteiger partial charge in [-0.2, -0.15) is 0 Å². The van der Waals surface area contributed by atoms with Gasteiger partial charge >= 0.3 is 0 Å². The van der Waals surface area contributed by atoms with Gasteiger partial charge in [0.1, 0.15) is 14.6 Å². The lowest BCUT2D eigenvalue weighted by atomic mass is 10.2. The number of aliphatic imine (C=N–C) groups is 1. The van der Waals surface area contributed by atoms with Gasteiger partial charge in [-0.05, 0) is 28.7 Å². The van der Waals surface area contributed by atoms with E-state index in [1.165, 1.54) is 5.56 Å². The molecule has 1 aliphatic heterocycles. The summed E-state index contributed by atoms with van der Waals surface area (Å²) in [4.78, 5) is 8.39. The summed E-state index contributed by atoms with van der Waals surface area (Å²) in [5, 5.41) is 0.537. The predicted molar refractivity (Wildman–Crippen MR) is 53.5 cm³/mol. The lowest BCUT2D eigenvalue weighted by molar-refractivity contribution is 1.09. The van der Waals surface area contributed by atoms with E-state index in [0.717, 1.165) is 16.0 Å². The topological polar surface area (TPSA) is 25.2 Å². The highest BCUT2D eigenvalue weighted by Crippen LogP contribution is 2.21. The molecular formula is C7H4ClIN2.